The van der Waals surface area contributed by atoms with Crippen molar-refractivity contribution >= 4 is 28.9 Å². The van der Waals surface area contributed by atoms with Gasteiger partial charge < -0.3 is 16.4 Å². The van der Waals surface area contributed by atoms with E-state index in [-0.39, 0.29) is 16.6 Å². The molecule has 5 heteroatoms. The zero-order valence-corrected chi connectivity index (χ0v) is 11.0. The Morgan fingerprint density at radius 2 is 1.88 bits per heavy atom. The fourth-order valence-corrected chi connectivity index (χ4v) is 1.48. The van der Waals surface area contributed by atoms with Gasteiger partial charge in [0.25, 0.3) is 0 Å². The molecule has 1 aromatic rings. The lowest BCUT2D eigenvalue weighted by atomic mass is 10.1. The predicted octanol–water partition coefficient (Wildman–Crippen LogP) is 2.24. The number of nitrogens with one attached hydrogen (secondary N) is 2. The van der Waals surface area contributed by atoms with Gasteiger partial charge in [-0.05, 0) is 32.9 Å². The van der Waals surface area contributed by atoms with Crippen molar-refractivity contribution in [3.05, 3.63) is 29.8 Å². The van der Waals surface area contributed by atoms with Crippen molar-refractivity contribution in [3.63, 3.8) is 0 Å². The molecular formula is C12H17N3OS. The van der Waals surface area contributed by atoms with Crippen molar-refractivity contribution < 1.29 is 4.79 Å². The summed E-state index contributed by atoms with van der Waals surface area (Å²) in [5.41, 5.74) is 6.56. The first kappa shape index (κ1) is 13.4. The van der Waals surface area contributed by atoms with Gasteiger partial charge in [-0.2, -0.15) is 0 Å². The number of para-hydroxylation sites is 1. The lowest BCUT2D eigenvalue weighted by Crippen LogP contribution is -2.43. The van der Waals surface area contributed by atoms with Crippen LogP contribution in [0.15, 0.2) is 24.3 Å². The number of hydrogen-bond donors (Lipinski definition) is 3. The maximum Gasteiger partial charge on any atom is 0.319 e. The highest BCUT2D eigenvalue weighted by molar-refractivity contribution is 7.80. The van der Waals surface area contributed by atoms with Crippen LogP contribution in [0.4, 0.5) is 10.5 Å². The molecule has 0 aliphatic rings. The second kappa shape index (κ2) is 5.14. The molecule has 92 valence electrons. The molecule has 0 unspecified atom stereocenters. The molecule has 17 heavy (non-hydrogen) atoms. The Kier molecular flexibility index (Phi) is 4.07. The normalized spacial score (nSPS) is 10.8. The van der Waals surface area contributed by atoms with E-state index in [1.807, 2.05) is 32.9 Å². The van der Waals surface area contributed by atoms with E-state index in [4.69, 9.17) is 18.0 Å². The van der Waals surface area contributed by atoms with Gasteiger partial charge in [0.2, 0.25) is 0 Å². The number of anilines is 1. The van der Waals surface area contributed by atoms with Crippen LogP contribution in [0.5, 0.6) is 0 Å². The molecule has 1 rings (SSSR count). The number of rotatable bonds is 2. The number of nitrogens with two attached hydrogens (primary N) is 1. The monoisotopic (exact) mass is 251 g/mol. The van der Waals surface area contributed by atoms with Gasteiger partial charge in [0, 0.05) is 11.1 Å². The summed E-state index contributed by atoms with van der Waals surface area (Å²) < 4.78 is 0. The fraction of sp³-hybridized carbons (Fsp3) is 0.333. The van der Waals surface area contributed by atoms with E-state index in [0.717, 1.165) is 0 Å². The first-order valence-electron chi connectivity index (χ1n) is 5.27. The van der Waals surface area contributed by atoms with Crippen molar-refractivity contribution in [2.75, 3.05) is 5.32 Å². The van der Waals surface area contributed by atoms with Crippen LogP contribution in [0.1, 0.15) is 26.3 Å². The maximum atomic E-state index is 11.7. The minimum absolute atomic E-state index is 0.261. The van der Waals surface area contributed by atoms with Crippen LogP contribution in [0.2, 0.25) is 0 Å². The van der Waals surface area contributed by atoms with Crippen LogP contribution in [0, 0.1) is 0 Å². The third-order valence-electron chi connectivity index (χ3n) is 1.93. The smallest absolute Gasteiger partial charge is 0.319 e. The standard InChI is InChI=1S/C12H17N3OS/c1-12(2,3)15-11(16)14-9-7-5-4-6-8(9)10(13)17/h4-7H,1-3H3,(H2,13,17)(H2,14,15,16). The zero-order chi connectivity index (χ0) is 13.1. The average Bonchev–Trinajstić information content (AvgIpc) is 2.14. The summed E-state index contributed by atoms with van der Waals surface area (Å²) in [5, 5.41) is 5.53. The maximum absolute atomic E-state index is 11.7. The van der Waals surface area contributed by atoms with Gasteiger partial charge in [0.15, 0.2) is 0 Å². The minimum atomic E-state index is -0.289. The summed E-state index contributed by atoms with van der Waals surface area (Å²) in [6, 6.07) is 6.89. The molecule has 0 heterocycles. The number of hydrogen-bond acceptors (Lipinski definition) is 2. The third kappa shape index (κ3) is 4.40. The van der Waals surface area contributed by atoms with Crippen LogP contribution >= 0.6 is 12.2 Å². The Hall–Kier alpha value is -1.62. The second-order valence-corrected chi connectivity index (χ2v) is 5.18. The molecule has 0 spiro atoms. The Balaban J connectivity index is 2.82. The third-order valence-corrected chi connectivity index (χ3v) is 2.15. The molecule has 0 radical (unpaired) electrons. The Morgan fingerprint density at radius 3 is 2.41 bits per heavy atom. The molecule has 0 saturated heterocycles. The Labute approximate surface area is 107 Å². The molecule has 1 aromatic carbocycles. The van der Waals surface area contributed by atoms with Gasteiger partial charge in [-0.15, -0.1) is 0 Å². The van der Waals surface area contributed by atoms with E-state index >= 15 is 0 Å². The summed E-state index contributed by atoms with van der Waals surface area (Å²) in [7, 11) is 0. The Morgan fingerprint density at radius 1 is 1.29 bits per heavy atom. The summed E-state index contributed by atoms with van der Waals surface area (Å²) in [6.07, 6.45) is 0. The SMILES string of the molecule is CC(C)(C)NC(=O)Nc1ccccc1C(N)=S. The topological polar surface area (TPSA) is 67.2 Å². The van der Waals surface area contributed by atoms with Gasteiger partial charge in [-0.1, -0.05) is 24.4 Å². The number of urea groups is 1. The minimum Gasteiger partial charge on any atom is -0.389 e. The van der Waals surface area contributed by atoms with Gasteiger partial charge in [0.05, 0.1) is 5.69 Å². The predicted molar refractivity (Wildman–Crippen MR) is 74.2 cm³/mol. The molecule has 0 aliphatic heterocycles. The van der Waals surface area contributed by atoms with Crippen LogP contribution in [-0.4, -0.2) is 16.6 Å². The number of benzene rings is 1. The molecule has 0 aliphatic carbocycles. The number of carbonyl (C=O) groups excluding carboxylic acids is 1. The van der Waals surface area contributed by atoms with E-state index in [2.05, 4.69) is 10.6 Å². The quantitative estimate of drug-likeness (QED) is 0.706. The molecule has 0 fully saturated rings. The molecular weight excluding hydrogens is 234 g/mol. The Bertz CT molecular complexity index is 438. The molecule has 4 nitrogen and oxygen atoms in total. The highest BCUT2D eigenvalue weighted by atomic mass is 32.1. The van der Waals surface area contributed by atoms with E-state index < -0.39 is 0 Å². The summed E-state index contributed by atoms with van der Waals surface area (Å²) in [6.45, 7) is 5.73. The largest absolute Gasteiger partial charge is 0.389 e. The van der Waals surface area contributed by atoms with E-state index in [9.17, 15) is 4.79 Å². The molecule has 0 bridgehead atoms. The molecule has 4 N–H and O–H groups in total. The fourth-order valence-electron chi connectivity index (χ4n) is 1.30. The summed E-state index contributed by atoms with van der Waals surface area (Å²) in [5.74, 6) is 0. The van der Waals surface area contributed by atoms with Crippen LogP contribution in [0.25, 0.3) is 0 Å². The lowest BCUT2D eigenvalue weighted by Gasteiger charge is -2.21. The molecule has 0 saturated carbocycles. The van der Waals surface area contributed by atoms with E-state index in [1.54, 1.807) is 12.1 Å². The van der Waals surface area contributed by atoms with Crippen LogP contribution in [-0.2, 0) is 0 Å². The average molecular weight is 251 g/mol. The van der Waals surface area contributed by atoms with Gasteiger partial charge in [-0.25, -0.2) is 4.79 Å². The second-order valence-electron chi connectivity index (χ2n) is 4.74. The van der Waals surface area contributed by atoms with Crippen LogP contribution < -0.4 is 16.4 Å². The molecule has 2 amide bonds. The van der Waals surface area contributed by atoms with Gasteiger partial charge in [-0.3, -0.25) is 0 Å². The number of carbonyl (C=O) groups is 1. The van der Waals surface area contributed by atoms with Crippen molar-refractivity contribution in [2.24, 2.45) is 5.73 Å². The lowest BCUT2D eigenvalue weighted by molar-refractivity contribution is 0.244. The van der Waals surface area contributed by atoms with E-state index in [1.165, 1.54) is 0 Å². The zero-order valence-electron chi connectivity index (χ0n) is 10.2. The van der Waals surface area contributed by atoms with Crippen molar-refractivity contribution in [2.45, 2.75) is 26.3 Å². The van der Waals surface area contributed by atoms with E-state index in [0.29, 0.717) is 11.3 Å². The summed E-state index contributed by atoms with van der Waals surface area (Å²) in [4.78, 5) is 12.0. The van der Waals surface area contributed by atoms with Crippen molar-refractivity contribution in [3.8, 4) is 0 Å². The molecule has 0 aromatic heterocycles. The highest BCUT2D eigenvalue weighted by Crippen LogP contribution is 2.14. The number of thiocarbonyl (C=S) groups is 1. The first-order valence-corrected chi connectivity index (χ1v) is 5.68. The van der Waals surface area contributed by atoms with Crippen molar-refractivity contribution in [1.82, 2.24) is 5.32 Å². The highest BCUT2D eigenvalue weighted by Gasteiger charge is 2.14. The van der Waals surface area contributed by atoms with Gasteiger partial charge in [0.1, 0.15) is 4.99 Å². The molecule has 0 atom stereocenters. The van der Waals surface area contributed by atoms with Gasteiger partial charge >= 0.3 is 6.03 Å². The number of amides is 2. The van der Waals surface area contributed by atoms with Crippen molar-refractivity contribution in [1.29, 1.82) is 0 Å². The first-order chi connectivity index (χ1) is 7.79. The summed E-state index contributed by atoms with van der Waals surface area (Å²) >= 11 is 4.92. The van der Waals surface area contributed by atoms with Crippen LogP contribution in [0.3, 0.4) is 0 Å².